The van der Waals surface area contributed by atoms with Gasteiger partial charge in [-0.05, 0) is 62.1 Å². The summed E-state index contributed by atoms with van der Waals surface area (Å²) in [5, 5.41) is 20.5. The Morgan fingerprint density at radius 3 is 2.37 bits per heavy atom. The molecule has 1 saturated heterocycles. The third-order valence-corrected chi connectivity index (χ3v) is 7.99. The molecule has 1 fully saturated rings. The largest absolute Gasteiger partial charge is 0.483 e. The molecule has 0 aromatic heterocycles. The Bertz CT molecular complexity index is 1170. The molecule has 0 spiro atoms. The second-order valence-electron chi connectivity index (χ2n) is 12.0. The van der Waals surface area contributed by atoms with E-state index in [-0.39, 0.29) is 42.8 Å². The molecule has 0 aliphatic carbocycles. The molecule has 1 aliphatic rings. The first kappa shape index (κ1) is 33.9. The summed E-state index contributed by atoms with van der Waals surface area (Å²) in [5.41, 5.74) is 2.88. The number of para-hydroxylation sites is 1. The molecule has 1 heterocycles. The van der Waals surface area contributed by atoms with E-state index in [1.807, 2.05) is 76.2 Å². The van der Waals surface area contributed by atoms with E-state index in [1.165, 1.54) is 0 Å². The van der Waals surface area contributed by atoms with Crippen LogP contribution in [0.5, 0.6) is 5.75 Å². The highest BCUT2D eigenvalue weighted by Crippen LogP contribution is 2.22. The molecule has 2 aromatic rings. The van der Waals surface area contributed by atoms with Crippen LogP contribution in [0.3, 0.4) is 0 Å². The van der Waals surface area contributed by atoms with Crippen molar-refractivity contribution >= 4 is 17.8 Å². The van der Waals surface area contributed by atoms with Crippen molar-refractivity contribution in [3.05, 3.63) is 65.2 Å². The molecule has 0 saturated carbocycles. The Morgan fingerprint density at radius 1 is 1.05 bits per heavy atom. The number of urea groups is 1. The van der Waals surface area contributed by atoms with Gasteiger partial charge in [0.15, 0.2) is 6.61 Å². The van der Waals surface area contributed by atoms with Crippen LogP contribution in [0.4, 0.5) is 4.79 Å². The van der Waals surface area contributed by atoms with Gasteiger partial charge in [0.1, 0.15) is 11.8 Å². The van der Waals surface area contributed by atoms with Gasteiger partial charge in [-0.1, -0.05) is 82.1 Å². The maximum Gasteiger partial charge on any atom is 0.318 e. The number of aliphatic hydroxyl groups excluding tert-OH is 1. The van der Waals surface area contributed by atoms with Crippen molar-refractivity contribution in [2.75, 3.05) is 19.7 Å². The molecular formula is C34H50N4O5. The first-order valence-electron chi connectivity index (χ1n) is 15.7. The minimum absolute atomic E-state index is 0.0809. The third-order valence-electron chi connectivity index (χ3n) is 7.99. The molecule has 4 N–H and O–H groups in total. The number of nitrogens with one attached hydrogen (secondary N) is 3. The van der Waals surface area contributed by atoms with Crippen molar-refractivity contribution in [1.82, 2.24) is 20.9 Å². The lowest BCUT2D eigenvalue weighted by Gasteiger charge is -2.37. The first-order chi connectivity index (χ1) is 20.6. The van der Waals surface area contributed by atoms with Gasteiger partial charge in [0.05, 0.1) is 12.1 Å². The summed E-state index contributed by atoms with van der Waals surface area (Å²) in [6.45, 7) is 10.8. The number of aliphatic hydroxyl groups is 1. The fourth-order valence-corrected chi connectivity index (χ4v) is 5.72. The summed E-state index contributed by atoms with van der Waals surface area (Å²) >= 11 is 0. The second kappa shape index (κ2) is 16.9. The number of carbonyl (C=O) groups excluding carboxylic acids is 3. The summed E-state index contributed by atoms with van der Waals surface area (Å²) in [5.74, 6) is 0.0589. The van der Waals surface area contributed by atoms with Crippen LogP contribution in [-0.2, 0) is 16.0 Å². The van der Waals surface area contributed by atoms with Gasteiger partial charge < -0.3 is 30.7 Å². The van der Waals surface area contributed by atoms with Crippen LogP contribution in [0.2, 0.25) is 0 Å². The number of ether oxygens (including phenoxy) is 1. The van der Waals surface area contributed by atoms with E-state index in [0.717, 1.165) is 36.0 Å². The minimum Gasteiger partial charge on any atom is -0.483 e. The maximum atomic E-state index is 13.6. The highest BCUT2D eigenvalue weighted by Gasteiger charge is 2.35. The molecule has 9 heteroatoms. The third kappa shape index (κ3) is 10.3. The number of hydrogen-bond acceptors (Lipinski definition) is 5. The molecule has 1 aliphatic heterocycles. The van der Waals surface area contributed by atoms with E-state index >= 15 is 0 Å². The highest BCUT2D eigenvalue weighted by atomic mass is 16.5. The molecule has 0 radical (unpaired) electrons. The molecular weight excluding hydrogens is 544 g/mol. The number of amides is 4. The number of rotatable bonds is 16. The highest BCUT2D eigenvalue weighted by molar-refractivity contribution is 5.87. The molecule has 3 rings (SSSR count). The lowest BCUT2D eigenvalue weighted by Crippen LogP contribution is -2.59. The fraction of sp³-hybridized carbons (Fsp3) is 0.559. The molecule has 4 atom stereocenters. The summed E-state index contributed by atoms with van der Waals surface area (Å²) in [4.78, 5) is 40.9. The lowest BCUT2D eigenvalue weighted by molar-refractivity contribution is -0.128. The monoisotopic (exact) mass is 594 g/mol. The van der Waals surface area contributed by atoms with Crippen LogP contribution >= 0.6 is 0 Å². The number of carbonyl (C=O) groups is 3. The molecule has 236 valence electrons. The number of aryl methyl sites for hydroxylation is 2. The van der Waals surface area contributed by atoms with Crippen molar-refractivity contribution in [2.45, 2.75) is 97.4 Å². The molecule has 43 heavy (non-hydrogen) atoms. The molecule has 9 nitrogen and oxygen atoms in total. The SMILES string of the molecule is CCCC[C@@H](C[C@H](O)[C@H](Cc1ccccc1)NC(=O)COc1c(C)cccc1C)NC(=O)[C@H](C(C)C)N1CCCNC1=O. The van der Waals surface area contributed by atoms with E-state index in [1.54, 1.807) is 4.90 Å². The van der Waals surface area contributed by atoms with Crippen LogP contribution in [0.15, 0.2) is 48.5 Å². The van der Waals surface area contributed by atoms with E-state index in [2.05, 4.69) is 22.9 Å². The summed E-state index contributed by atoms with van der Waals surface area (Å²) in [6, 6.07) is 13.8. The summed E-state index contributed by atoms with van der Waals surface area (Å²) in [6.07, 6.45) is 3.03. The van der Waals surface area contributed by atoms with Crippen LogP contribution in [0, 0.1) is 19.8 Å². The summed E-state index contributed by atoms with van der Waals surface area (Å²) < 4.78 is 5.87. The second-order valence-corrected chi connectivity index (χ2v) is 12.0. The van der Waals surface area contributed by atoms with Crippen LogP contribution in [0.1, 0.15) is 69.6 Å². The van der Waals surface area contributed by atoms with E-state index < -0.39 is 18.2 Å². The van der Waals surface area contributed by atoms with Crippen LogP contribution < -0.4 is 20.7 Å². The Morgan fingerprint density at radius 2 is 1.74 bits per heavy atom. The van der Waals surface area contributed by atoms with Crippen molar-refractivity contribution in [3.8, 4) is 5.75 Å². The van der Waals surface area contributed by atoms with Gasteiger partial charge in [-0.3, -0.25) is 9.59 Å². The predicted octanol–water partition coefficient (Wildman–Crippen LogP) is 4.28. The van der Waals surface area contributed by atoms with E-state index in [4.69, 9.17) is 4.74 Å². The van der Waals surface area contributed by atoms with Gasteiger partial charge in [0, 0.05) is 19.1 Å². The predicted molar refractivity (Wildman–Crippen MR) is 169 cm³/mol. The Kier molecular flexibility index (Phi) is 13.3. The smallest absolute Gasteiger partial charge is 0.318 e. The number of nitrogens with zero attached hydrogens (tertiary/aromatic N) is 1. The molecule has 0 unspecified atom stereocenters. The Balaban J connectivity index is 1.73. The van der Waals surface area contributed by atoms with Gasteiger partial charge in [-0.2, -0.15) is 0 Å². The fourth-order valence-electron chi connectivity index (χ4n) is 5.72. The number of benzene rings is 2. The molecule has 0 bridgehead atoms. The maximum absolute atomic E-state index is 13.6. The Hall–Kier alpha value is -3.59. The molecule has 4 amide bonds. The molecule has 2 aromatic carbocycles. The van der Waals surface area contributed by atoms with Gasteiger partial charge in [0.25, 0.3) is 5.91 Å². The zero-order chi connectivity index (χ0) is 31.4. The lowest BCUT2D eigenvalue weighted by atomic mass is 9.93. The first-order valence-corrected chi connectivity index (χ1v) is 15.7. The van der Waals surface area contributed by atoms with E-state index in [0.29, 0.717) is 31.7 Å². The standard InChI is InChI=1S/C34H50N4O5/c1-6-7-17-27(36-33(41)31(23(2)3)38-19-12-18-35-34(38)42)21-29(39)28(20-26-15-9-8-10-16-26)37-30(40)22-43-32-24(4)13-11-14-25(32)5/h8-11,13-16,23,27-29,31,39H,6-7,12,17-22H2,1-5H3,(H,35,42)(H,36,41)(H,37,40)/t27-,28-,29-,31-/m0/s1. The van der Waals surface area contributed by atoms with Gasteiger partial charge in [-0.25, -0.2) is 4.79 Å². The van der Waals surface area contributed by atoms with Crippen LogP contribution in [0.25, 0.3) is 0 Å². The average molecular weight is 595 g/mol. The van der Waals surface area contributed by atoms with Crippen LogP contribution in [-0.4, -0.2) is 71.8 Å². The van der Waals surface area contributed by atoms with E-state index in [9.17, 15) is 19.5 Å². The Labute approximate surface area is 256 Å². The van der Waals surface area contributed by atoms with Crippen molar-refractivity contribution < 1.29 is 24.2 Å². The van der Waals surface area contributed by atoms with Gasteiger partial charge >= 0.3 is 6.03 Å². The number of unbranched alkanes of at least 4 members (excludes halogenated alkanes) is 1. The zero-order valence-electron chi connectivity index (χ0n) is 26.4. The zero-order valence-corrected chi connectivity index (χ0v) is 26.4. The minimum atomic E-state index is -0.928. The normalized spacial score (nSPS) is 16.2. The van der Waals surface area contributed by atoms with Crippen molar-refractivity contribution in [1.29, 1.82) is 0 Å². The van der Waals surface area contributed by atoms with Crippen molar-refractivity contribution in [2.24, 2.45) is 5.92 Å². The quantitative estimate of drug-likeness (QED) is 0.231. The van der Waals surface area contributed by atoms with Crippen molar-refractivity contribution in [3.63, 3.8) is 0 Å². The van der Waals surface area contributed by atoms with Gasteiger partial charge in [0.2, 0.25) is 5.91 Å². The van der Waals surface area contributed by atoms with Gasteiger partial charge in [-0.15, -0.1) is 0 Å². The average Bonchev–Trinajstić information content (AvgIpc) is 2.96. The summed E-state index contributed by atoms with van der Waals surface area (Å²) in [7, 11) is 0. The topological polar surface area (TPSA) is 120 Å². The number of hydrogen-bond donors (Lipinski definition) is 4.